The second kappa shape index (κ2) is 4.56. The summed E-state index contributed by atoms with van der Waals surface area (Å²) in [6, 6.07) is 9.46. The van der Waals surface area contributed by atoms with Crippen LogP contribution in [0.3, 0.4) is 0 Å². The Hall–Kier alpha value is -1.64. The second-order valence-electron chi connectivity index (χ2n) is 3.22. The molecule has 3 nitrogen and oxygen atoms in total. The molecule has 0 spiro atoms. The first-order chi connectivity index (χ1) is 6.61. The molecule has 14 heavy (non-hydrogen) atoms. The molecular formula is C11H14N2O. The van der Waals surface area contributed by atoms with E-state index in [0.29, 0.717) is 5.71 Å². The van der Waals surface area contributed by atoms with Gasteiger partial charge in [-0.2, -0.15) is 5.10 Å². The fourth-order valence-electron chi connectivity index (χ4n) is 1.13. The van der Waals surface area contributed by atoms with Crippen molar-refractivity contribution < 1.29 is 4.79 Å². The lowest BCUT2D eigenvalue weighted by molar-refractivity contribution is -0.111. The monoisotopic (exact) mass is 190 g/mol. The number of hydrazone groups is 1. The SMILES string of the molecule is CC(=O)/C(=N\N(C)C)c1ccccc1. The zero-order valence-corrected chi connectivity index (χ0v) is 8.69. The van der Waals surface area contributed by atoms with E-state index in [1.165, 1.54) is 6.92 Å². The zero-order chi connectivity index (χ0) is 10.6. The van der Waals surface area contributed by atoms with Gasteiger partial charge in [0, 0.05) is 26.6 Å². The molecule has 0 saturated carbocycles. The maximum Gasteiger partial charge on any atom is 0.180 e. The lowest BCUT2D eigenvalue weighted by atomic mass is 10.1. The van der Waals surface area contributed by atoms with Gasteiger partial charge in [-0.15, -0.1) is 0 Å². The predicted octanol–water partition coefficient (Wildman–Crippen LogP) is 1.54. The number of nitrogens with zero attached hydrogens (tertiary/aromatic N) is 2. The van der Waals surface area contributed by atoms with Gasteiger partial charge in [0.25, 0.3) is 0 Å². The number of rotatable bonds is 3. The first-order valence-corrected chi connectivity index (χ1v) is 4.43. The maximum absolute atomic E-state index is 11.3. The molecule has 3 heteroatoms. The fraction of sp³-hybridized carbons (Fsp3) is 0.273. The largest absolute Gasteiger partial charge is 0.302 e. The van der Waals surface area contributed by atoms with E-state index in [4.69, 9.17) is 0 Å². The minimum Gasteiger partial charge on any atom is -0.302 e. The molecule has 1 aromatic carbocycles. The average molecular weight is 190 g/mol. The topological polar surface area (TPSA) is 32.7 Å². The summed E-state index contributed by atoms with van der Waals surface area (Å²) >= 11 is 0. The molecule has 0 radical (unpaired) electrons. The summed E-state index contributed by atoms with van der Waals surface area (Å²) in [5.74, 6) is -0.0232. The number of carbonyl (C=O) groups is 1. The third kappa shape index (κ3) is 2.69. The van der Waals surface area contributed by atoms with Crippen LogP contribution in [0.5, 0.6) is 0 Å². The van der Waals surface area contributed by atoms with Crippen molar-refractivity contribution in [1.82, 2.24) is 5.01 Å². The molecule has 0 bridgehead atoms. The molecule has 0 heterocycles. The highest BCUT2D eigenvalue weighted by atomic mass is 16.1. The van der Waals surface area contributed by atoms with E-state index in [0.717, 1.165) is 5.56 Å². The summed E-state index contributed by atoms with van der Waals surface area (Å²) in [5.41, 5.74) is 1.35. The summed E-state index contributed by atoms with van der Waals surface area (Å²) in [7, 11) is 3.60. The summed E-state index contributed by atoms with van der Waals surface area (Å²) in [6.45, 7) is 1.52. The number of carbonyl (C=O) groups excluding carboxylic acids is 1. The Kier molecular flexibility index (Phi) is 3.40. The number of benzene rings is 1. The van der Waals surface area contributed by atoms with Crippen LogP contribution < -0.4 is 0 Å². The van der Waals surface area contributed by atoms with Gasteiger partial charge in [-0.1, -0.05) is 30.3 Å². The molecule has 0 N–H and O–H groups in total. The van der Waals surface area contributed by atoms with Crippen molar-refractivity contribution in [3.05, 3.63) is 35.9 Å². The van der Waals surface area contributed by atoms with Crippen LogP contribution in [-0.2, 0) is 4.79 Å². The van der Waals surface area contributed by atoms with Crippen molar-refractivity contribution in [1.29, 1.82) is 0 Å². The summed E-state index contributed by atoms with van der Waals surface area (Å²) in [4.78, 5) is 11.3. The van der Waals surface area contributed by atoms with E-state index in [9.17, 15) is 4.79 Å². The normalized spacial score (nSPS) is 11.2. The van der Waals surface area contributed by atoms with Crippen LogP contribution in [0, 0.1) is 0 Å². The molecule has 0 aliphatic rings. The molecule has 0 amide bonds. The first kappa shape index (κ1) is 10.4. The molecular weight excluding hydrogens is 176 g/mol. The van der Waals surface area contributed by atoms with E-state index in [1.807, 2.05) is 30.3 Å². The van der Waals surface area contributed by atoms with Gasteiger partial charge in [0.2, 0.25) is 0 Å². The van der Waals surface area contributed by atoms with Crippen molar-refractivity contribution in [3.8, 4) is 0 Å². The molecule has 0 unspecified atom stereocenters. The van der Waals surface area contributed by atoms with Gasteiger partial charge < -0.3 is 5.01 Å². The van der Waals surface area contributed by atoms with Crippen molar-refractivity contribution in [2.24, 2.45) is 5.10 Å². The Morgan fingerprint density at radius 1 is 1.21 bits per heavy atom. The van der Waals surface area contributed by atoms with Gasteiger partial charge in [0.1, 0.15) is 5.71 Å². The Morgan fingerprint density at radius 3 is 2.21 bits per heavy atom. The van der Waals surface area contributed by atoms with E-state index < -0.39 is 0 Å². The van der Waals surface area contributed by atoms with Crippen LogP contribution in [0.25, 0.3) is 0 Å². The third-order valence-corrected chi connectivity index (χ3v) is 1.68. The Labute approximate surface area is 84.0 Å². The highest BCUT2D eigenvalue weighted by Crippen LogP contribution is 2.02. The summed E-state index contributed by atoms with van der Waals surface area (Å²) in [5, 5.41) is 5.78. The van der Waals surface area contributed by atoms with Crippen molar-refractivity contribution in [3.63, 3.8) is 0 Å². The molecule has 1 rings (SSSR count). The average Bonchev–Trinajstić information content (AvgIpc) is 2.15. The predicted molar refractivity (Wildman–Crippen MR) is 57.3 cm³/mol. The van der Waals surface area contributed by atoms with Gasteiger partial charge in [-0.3, -0.25) is 4.79 Å². The van der Waals surface area contributed by atoms with Crippen LogP contribution in [-0.4, -0.2) is 30.6 Å². The summed E-state index contributed by atoms with van der Waals surface area (Å²) < 4.78 is 0. The van der Waals surface area contributed by atoms with Gasteiger partial charge in [-0.05, 0) is 0 Å². The molecule has 0 fully saturated rings. The molecule has 0 saturated heterocycles. The number of hydrogen-bond acceptors (Lipinski definition) is 3. The van der Waals surface area contributed by atoms with Crippen molar-refractivity contribution in [2.45, 2.75) is 6.92 Å². The highest BCUT2D eigenvalue weighted by molar-refractivity contribution is 6.45. The molecule has 0 aliphatic heterocycles. The first-order valence-electron chi connectivity index (χ1n) is 4.43. The van der Waals surface area contributed by atoms with Crippen LogP contribution in [0.1, 0.15) is 12.5 Å². The Morgan fingerprint density at radius 2 is 1.79 bits per heavy atom. The van der Waals surface area contributed by atoms with E-state index in [2.05, 4.69) is 5.10 Å². The van der Waals surface area contributed by atoms with E-state index in [-0.39, 0.29) is 5.78 Å². The lowest BCUT2D eigenvalue weighted by Gasteiger charge is -2.08. The molecule has 0 aromatic heterocycles. The smallest absolute Gasteiger partial charge is 0.180 e. The summed E-state index contributed by atoms with van der Waals surface area (Å²) in [6.07, 6.45) is 0. The lowest BCUT2D eigenvalue weighted by Crippen LogP contribution is -2.16. The standard InChI is InChI=1S/C11H14N2O/c1-9(14)11(12-13(2)3)10-7-5-4-6-8-10/h4-8H,1-3H3/b12-11+. The van der Waals surface area contributed by atoms with Crippen LogP contribution in [0.2, 0.25) is 0 Å². The minimum absolute atomic E-state index is 0.0232. The Balaban J connectivity index is 3.08. The molecule has 1 aromatic rings. The van der Waals surface area contributed by atoms with Gasteiger partial charge in [-0.25, -0.2) is 0 Å². The molecule has 0 aliphatic carbocycles. The van der Waals surface area contributed by atoms with Crippen LogP contribution >= 0.6 is 0 Å². The van der Waals surface area contributed by atoms with Crippen molar-refractivity contribution in [2.75, 3.05) is 14.1 Å². The number of hydrogen-bond donors (Lipinski definition) is 0. The minimum atomic E-state index is -0.0232. The molecule has 74 valence electrons. The second-order valence-corrected chi connectivity index (χ2v) is 3.22. The van der Waals surface area contributed by atoms with E-state index in [1.54, 1.807) is 19.1 Å². The van der Waals surface area contributed by atoms with Crippen LogP contribution in [0.15, 0.2) is 35.4 Å². The quantitative estimate of drug-likeness (QED) is 0.535. The van der Waals surface area contributed by atoms with Crippen LogP contribution in [0.4, 0.5) is 0 Å². The van der Waals surface area contributed by atoms with Gasteiger partial charge in [0.15, 0.2) is 5.78 Å². The number of Topliss-reactive ketones (excluding diaryl/α,β-unsaturated/α-hetero) is 1. The fourth-order valence-corrected chi connectivity index (χ4v) is 1.13. The Bertz CT molecular complexity index is 342. The van der Waals surface area contributed by atoms with Crippen molar-refractivity contribution >= 4 is 11.5 Å². The maximum atomic E-state index is 11.3. The zero-order valence-electron chi connectivity index (χ0n) is 8.69. The highest BCUT2D eigenvalue weighted by Gasteiger charge is 2.08. The van der Waals surface area contributed by atoms with Gasteiger partial charge in [0.05, 0.1) is 0 Å². The van der Waals surface area contributed by atoms with Gasteiger partial charge >= 0.3 is 0 Å². The third-order valence-electron chi connectivity index (χ3n) is 1.68. The number of ketones is 1. The molecule has 0 atom stereocenters. The van der Waals surface area contributed by atoms with E-state index >= 15 is 0 Å².